The van der Waals surface area contributed by atoms with Gasteiger partial charge in [-0.15, -0.1) is 0 Å². The molecule has 0 amide bonds. The molecular formula is C13H18ClN3O2S. The third-order valence-electron chi connectivity index (χ3n) is 4.14. The van der Waals surface area contributed by atoms with Gasteiger partial charge >= 0.3 is 0 Å². The Morgan fingerprint density at radius 1 is 1.25 bits per heavy atom. The zero-order valence-electron chi connectivity index (χ0n) is 11.2. The van der Waals surface area contributed by atoms with Gasteiger partial charge in [0.05, 0.1) is 4.90 Å². The molecule has 3 rings (SSSR count). The minimum absolute atomic E-state index is 0.211. The maximum atomic E-state index is 12.6. The normalized spacial score (nSPS) is 25.4. The third kappa shape index (κ3) is 2.70. The quantitative estimate of drug-likeness (QED) is 0.778. The Labute approximate surface area is 124 Å². The molecule has 2 fully saturated rings. The number of nitrogens with zero attached hydrogens (tertiary/aromatic N) is 3. The van der Waals surface area contributed by atoms with E-state index in [4.69, 9.17) is 11.6 Å². The van der Waals surface area contributed by atoms with Crippen molar-refractivity contribution in [3.63, 3.8) is 0 Å². The molecule has 0 saturated carbocycles. The molecular weight excluding hydrogens is 298 g/mol. The van der Waals surface area contributed by atoms with E-state index in [1.807, 2.05) is 0 Å². The minimum atomic E-state index is -3.45. The first-order valence-electron chi connectivity index (χ1n) is 6.93. The average molecular weight is 316 g/mol. The number of piperidine rings is 1. The smallest absolute Gasteiger partial charge is 0.243 e. The van der Waals surface area contributed by atoms with E-state index in [0.717, 1.165) is 19.5 Å². The molecule has 20 heavy (non-hydrogen) atoms. The fourth-order valence-corrected chi connectivity index (χ4v) is 4.76. The number of pyridine rings is 1. The Hall–Kier alpha value is -0.690. The van der Waals surface area contributed by atoms with Crippen LogP contribution in [-0.2, 0) is 10.0 Å². The summed E-state index contributed by atoms with van der Waals surface area (Å²) in [6, 6.07) is 3.29. The lowest BCUT2D eigenvalue weighted by atomic mass is 10.0. The number of hydrogen-bond acceptors (Lipinski definition) is 4. The van der Waals surface area contributed by atoms with Crippen LogP contribution in [0.25, 0.3) is 0 Å². The molecule has 1 aromatic rings. The van der Waals surface area contributed by atoms with E-state index in [9.17, 15) is 8.42 Å². The fraction of sp³-hybridized carbons (Fsp3) is 0.615. The first-order valence-corrected chi connectivity index (χ1v) is 8.75. The molecule has 2 saturated heterocycles. The Morgan fingerprint density at radius 3 is 2.90 bits per heavy atom. The summed E-state index contributed by atoms with van der Waals surface area (Å²) in [4.78, 5) is 6.49. The molecule has 110 valence electrons. The Balaban J connectivity index is 1.81. The average Bonchev–Trinajstić information content (AvgIpc) is 2.46. The molecule has 0 aliphatic carbocycles. The fourth-order valence-electron chi connectivity index (χ4n) is 3.04. The number of sulfonamides is 1. The molecule has 3 heterocycles. The highest BCUT2D eigenvalue weighted by Gasteiger charge is 2.35. The van der Waals surface area contributed by atoms with E-state index in [1.165, 1.54) is 31.2 Å². The molecule has 0 aromatic carbocycles. The van der Waals surface area contributed by atoms with E-state index < -0.39 is 10.0 Å². The maximum absolute atomic E-state index is 12.6. The van der Waals surface area contributed by atoms with Crippen molar-refractivity contribution in [3.8, 4) is 0 Å². The maximum Gasteiger partial charge on any atom is 0.243 e. The SMILES string of the molecule is O=S(=O)(c1ccnc(Cl)c1)N1CCN2CCCCC2C1. The predicted octanol–water partition coefficient (Wildman–Crippen LogP) is 1.59. The first-order chi connectivity index (χ1) is 9.57. The lowest BCUT2D eigenvalue weighted by Gasteiger charge is -2.43. The Morgan fingerprint density at radius 2 is 2.10 bits per heavy atom. The number of hydrogen-bond donors (Lipinski definition) is 0. The number of piperazine rings is 1. The highest BCUT2D eigenvalue weighted by Crippen LogP contribution is 2.25. The third-order valence-corrected chi connectivity index (χ3v) is 6.20. The lowest BCUT2D eigenvalue weighted by molar-refractivity contribution is 0.0852. The van der Waals surface area contributed by atoms with E-state index >= 15 is 0 Å². The second-order valence-corrected chi connectivity index (χ2v) is 7.69. The monoisotopic (exact) mass is 315 g/mol. The van der Waals surface area contributed by atoms with E-state index in [1.54, 1.807) is 4.31 Å². The van der Waals surface area contributed by atoms with Gasteiger partial charge in [0, 0.05) is 31.9 Å². The summed E-state index contributed by atoms with van der Waals surface area (Å²) in [5, 5.41) is 0.211. The van der Waals surface area contributed by atoms with E-state index in [-0.39, 0.29) is 10.0 Å². The van der Waals surface area contributed by atoms with Crippen LogP contribution in [0.3, 0.4) is 0 Å². The van der Waals surface area contributed by atoms with Gasteiger partial charge < -0.3 is 0 Å². The standard InChI is InChI=1S/C13H18ClN3O2S/c14-13-9-12(4-5-15-13)20(18,19)17-8-7-16-6-2-1-3-11(16)10-17/h4-5,9,11H,1-3,6-8,10H2. The topological polar surface area (TPSA) is 53.5 Å². The summed E-state index contributed by atoms with van der Waals surface area (Å²) in [6.07, 6.45) is 4.94. The lowest BCUT2D eigenvalue weighted by Crippen LogP contribution is -2.56. The zero-order chi connectivity index (χ0) is 14.2. The highest BCUT2D eigenvalue weighted by atomic mass is 35.5. The van der Waals surface area contributed by atoms with Crippen molar-refractivity contribution in [1.29, 1.82) is 0 Å². The van der Waals surface area contributed by atoms with Crippen LogP contribution in [0.5, 0.6) is 0 Å². The second kappa shape index (κ2) is 5.60. The molecule has 0 spiro atoms. The van der Waals surface area contributed by atoms with Crippen molar-refractivity contribution in [3.05, 3.63) is 23.5 Å². The number of fused-ring (bicyclic) bond motifs is 1. The summed E-state index contributed by atoms with van der Waals surface area (Å²) in [6.45, 7) is 3.06. The van der Waals surface area contributed by atoms with Crippen molar-refractivity contribution in [2.45, 2.75) is 30.2 Å². The molecule has 5 nitrogen and oxygen atoms in total. The van der Waals surface area contributed by atoms with Crippen LogP contribution >= 0.6 is 11.6 Å². The van der Waals surface area contributed by atoms with Crippen molar-refractivity contribution < 1.29 is 8.42 Å². The molecule has 7 heteroatoms. The van der Waals surface area contributed by atoms with Crippen LogP contribution in [-0.4, -0.2) is 54.8 Å². The summed E-state index contributed by atoms with van der Waals surface area (Å²) < 4.78 is 26.9. The van der Waals surface area contributed by atoms with Gasteiger partial charge in [-0.3, -0.25) is 4.90 Å². The first kappa shape index (κ1) is 14.3. The largest absolute Gasteiger partial charge is 0.298 e. The number of rotatable bonds is 2. The molecule has 0 bridgehead atoms. The van der Waals surface area contributed by atoms with Crippen molar-refractivity contribution in [2.75, 3.05) is 26.2 Å². The number of aromatic nitrogens is 1. The van der Waals surface area contributed by atoms with E-state index in [0.29, 0.717) is 19.1 Å². The second-order valence-electron chi connectivity index (χ2n) is 5.36. The van der Waals surface area contributed by atoms with Gasteiger partial charge in [0.15, 0.2) is 0 Å². The van der Waals surface area contributed by atoms with Gasteiger partial charge in [0.2, 0.25) is 10.0 Å². The van der Waals surface area contributed by atoms with Crippen LogP contribution in [0.2, 0.25) is 5.15 Å². The summed E-state index contributed by atoms with van der Waals surface area (Å²) >= 11 is 5.80. The Bertz CT molecular complexity index is 593. The van der Waals surface area contributed by atoms with Crippen LogP contribution in [0.4, 0.5) is 0 Å². The van der Waals surface area contributed by atoms with Crippen molar-refractivity contribution >= 4 is 21.6 Å². The summed E-state index contributed by atoms with van der Waals surface area (Å²) in [5.74, 6) is 0. The Kier molecular flexibility index (Phi) is 3.99. The van der Waals surface area contributed by atoms with E-state index in [2.05, 4.69) is 9.88 Å². The van der Waals surface area contributed by atoms with Gasteiger partial charge in [-0.05, 0) is 31.5 Å². The highest BCUT2D eigenvalue weighted by molar-refractivity contribution is 7.89. The zero-order valence-corrected chi connectivity index (χ0v) is 12.8. The van der Waals surface area contributed by atoms with Crippen LogP contribution < -0.4 is 0 Å². The predicted molar refractivity (Wildman–Crippen MR) is 77.2 cm³/mol. The van der Waals surface area contributed by atoms with Crippen LogP contribution in [0.1, 0.15) is 19.3 Å². The molecule has 0 radical (unpaired) electrons. The number of halogens is 1. The molecule has 0 N–H and O–H groups in total. The molecule has 1 atom stereocenters. The van der Waals surface area contributed by atoms with Crippen molar-refractivity contribution in [2.24, 2.45) is 0 Å². The molecule has 2 aliphatic rings. The van der Waals surface area contributed by atoms with Gasteiger partial charge in [-0.2, -0.15) is 4.31 Å². The summed E-state index contributed by atoms with van der Waals surface area (Å²) in [7, 11) is -3.45. The molecule has 1 unspecified atom stereocenters. The minimum Gasteiger partial charge on any atom is -0.298 e. The van der Waals surface area contributed by atoms with Crippen LogP contribution in [0.15, 0.2) is 23.2 Å². The van der Waals surface area contributed by atoms with Gasteiger partial charge in [-0.1, -0.05) is 18.0 Å². The van der Waals surface area contributed by atoms with Gasteiger partial charge in [-0.25, -0.2) is 13.4 Å². The molecule has 2 aliphatic heterocycles. The van der Waals surface area contributed by atoms with Gasteiger partial charge in [0.25, 0.3) is 0 Å². The summed E-state index contributed by atoms with van der Waals surface area (Å²) in [5.41, 5.74) is 0. The van der Waals surface area contributed by atoms with Gasteiger partial charge in [0.1, 0.15) is 5.15 Å². The van der Waals surface area contributed by atoms with Crippen molar-refractivity contribution in [1.82, 2.24) is 14.2 Å². The van der Waals surface area contributed by atoms with Crippen LogP contribution in [0, 0.1) is 0 Å². The molecule has 1 aromatic heterocycles.